The van der Waals surface area contributed by atoms with Gasteiger partial charge in [-0.25, -0.2) is 0 Å². The van der Waals surface area contributed by atoms with Crippen LogP contribution in [-0.4, -0.2) is 41.3 Å². The smallest absolute Gasteiger partial charge is 0.0621 e. The minimum atomic E-state index is -0.451. The van der Waals surface area contributed by atoms with Crippen LogP contribution in [0.1, 0.15) is 46.0 Å². The van der Waals surface area contributed by atoms with Crippen LogP contribution < -0.4 is 5.73 Å². The van der Waals surface area contributed by atoms with Crippen LogP contribution in [0.25, 0.3) is 0 Å². The van der Waals surface area contributed by atoms with Crippen molar-refractivity contribution in [2.45, 2.75) is 57.5 Å². The zero-order chi connectivity index (χ0) is 11.3. The van der Waals surface area contributed by atoms with Gasteiger partial charge in [0.15, 0.2) is 0 Å². The SMILES string of the molecule is CCN(CC(C)(N)CO)C1CCCCC1. The molecule has 0 heterocycles. The molecule has 0 amide bonds. The van der Waals surface area contributed by atoms with Gasteiger partial charge in [-0.15, -0.1) is 0 Å². The van der Waals surface area contributed by atoms with Gasteiger partial charge in [-0.05, 0) is 26.3 Å². The Labute approximate surface area is 93.6 Å². The van der Waals surface area contributed by atoms with Gasteiger partial charge in [0.2, 0.25) is 0 Å². The lowest BCUT2D eigenvalue weighted by Crippen LogP contribution is -2.53. The third-order valence-electron chi connectivity index (χ3n) is 3.42. The first-order chi connectivity index (χ1) is 7.09. The Hall–Kier alpha value is -0.120. The zero-order valence-electron chi connectivity index (χ0n) is 10.2. The first kappa shape index (κ1) is 12.9. The van der Waals surface area contributed by atoms with E-state index < -0.39 is 5.54 Å². The van der Waals surface area contributed by atoms with Crippen molar-refractivity contribution in [1.82, 2.24) is 4.90 Å². The molecule has 15 heavy (non-hydrogen) atoms. The van der Waals surface area contributed by atoms with Crippen molar-refractivity contribution >= 4 is 0 Å². The van der Waals surface area contributed by atoms with E-state index in [0.717, 1.165) is 13.1 Å². The summed E-state index contributed by atoms with van der Waals surface area (Å²) in [6.45, 7) is 6.03. The second kappa shape index (κ2) is 5.83. The summed E-state index contributed by atoms with van der Waals surface area (Å²) in [5.74, 6) is 0. The summed E-state index contributed by atoms with van der Waals surface area (Å²) in [6, 6.07) is 0.693. The minimum absolute atomic E-state index is 0.0657. The molecule has 3 N–H and O–H groups in total. The van der Waals surface area contributed by atoms with Crippen LogP contribution in [-0.2, 0) is 0 Å². The van der Waals surface area contributed by atoms with E-state index in [1.165, 1.54) is 32.1 Å². The third-order valence-corrected chi connectivity index (χ3v) is 3.42. The predicted octanol–water partition coefficient (Wildman–Crippen LogP) is 1.35. The Morgan fingerprint density at radius 1 is 1.33 bits per heavy atom. The fourth-order valence-corrected chi connectivity index (χ4v) is 2.46. The minimum Gasteiger partial charge on any atom is -0.394 e. The predicted molar refractivity (Wildman–Crippen MR) is 63.8 cm³/mol. The molecule has 1 aliphatic carbocycles. The van der Waals surface area contributed by atoms with E-state index in [0.29, 0.717) is 6.04 Å². The maximum atomic E-state index is 9.19. The lowest BCUT2D eigenvalue weighted by atomic mass is 9.92. The molecule has 0 aliphatic heterocycles. The first-order valence-corrected chi connectivity index (χ1v) is 6.23. The van der Waals surface area contributed by atoms with E-state index in [-0.39, 0.29) is 6.61 Å². The molecule has 0 aromatic rings. The molecule has 0 aromatic carbocycles. The van der Waals surface area contributed by atoms with Crippen LogP contribution in [0.4, 0.5) is 0 Å². The van der Waals surface area contributed by atoms with Crippen LogP contribution in [0.15, 0.2) is 0 Å². The summed E-state index contributed by atoms with van der Waals surface area (Å²) >= 11 is 0. The molecule has 3 heteroatoms. The van der Waals surface area contributed by atoms with Gasteiger partial charge >= 0.3 is 0 Å². The average molecular weight is 214 g/mol. The molecule has 1 fully saturated rings. The first-order valence-electron chi connectivity index (χ1n) is 6.23. The fraction of sp³-hybridized carbons (Fsp3) is 1.00. The van der Waals surface area contributed by atoms with Gasteiger partial charge in [-0.2, -0.15) is 0 Å². The molecule has 0 bridgehead atoms. The molecule has 0 aromatic heterocycles. The lowest BCUT2D eigenvalue weighted by molar-refractivity contribution is 0.103. The molecule has 1 atom stereocenters. The maximum Gasteiger partial charge on any atom is 0.0621 e. The Kier molecular flexibility index (Phi) is 5.03. The number of nitrogens with zero attached hydrogens (tertiary/aromatic N) is 1. The number of nitrogens with two attached hydrogens (primary N) is 1. The van der Waals surface area contributed by atoms with Gasteiger partial charge in [-0.1, -0.05) is 26.2 Å². The fourth-order valence-electron chi connectivity index (χ4n) is 2.46. The van der Waals surface area contributed by atoms with Crippen LogP contribution in [0.2, 0.25) is 0 Å². The topological polar surface area (TPSA) is 49.5 Å². The Bertz CT molecular complexity index is 176. The zero-order valence-corrected chi connectivity index (χ0v) is 10.2. The van der Waals surface area contributed by atoms with Crippen molar-refractivity contribution in [2.75, 3.05) is 19.7 Å². The maximum absolute atomic E-state index is 9.19. The van der Waals surface area contributed by atoms with E-state index in [1.54, 1.807) is 0 Å². The molecule has 0 spiro atoms. The molecule has 0 radical (unpaired) electrons. The van der Waals surface area contributed by atoms with Crippen LogP contribution in [0, 0.1) is 0 Å². The number of aliphatic hydroxyl groups is 1. The van der Waals surface area contributed by atoms with Gasteiger partial charge < -0.3 is 10.8 Å². The van der Waals surface area contributed by atoms with Gasteiger partial charge in [0.1, 0.15) is 0 Å². The van der Waals surface area contributed by atoms with Crippen molar-refractivity contribution in [3.8, 4) is 0 Å². The Balaban J connectivity index is 2.46. The van der Waals surface area contributed by atoms with Crippen LogP contribution >= 0.6 is 0 Å². The highest BCUT2D eigenvalue weighted by Crippen LogP contribution is 2.23. The quantitative estimate of drug-likeness (QED) is 0.726. The van der Waals surface area contributed by atoms with Crippen molar-refractivity contribution in [3.63, 3.8) is 0 Å². The molecule has 3 nitrogen and oxygen atoms in total. The molecule has 0 saturated heterocycles. The Morgan fingerprint density at radius 3 is 2.40 bits per heavy atom. The Morgan fingerprint density at radius 2 is 1.93 bits per heavy atom. The number of aliphatic hydroxyl groups excluding tert-OH is 1. The molecule has 1 saturated carbocycles. The number of rotatable bonds is 5. The van der Waals surface area contributed by atoms with Crippen molar-refractivity contribution in [2.24, 2.45) is 5.73 Å². The summed E-state index contributed by atoms with van der Waals surface area (Å²) in [4.78, 5) is 2.44. The van der Waals surface area contributed by atoms with Crippen LogP contribution in [0.3, 0.4) is 0 Å². The summed E-state index contributed by atoms with van der Waals surface area (Å²) in [5, 5.41) is 9.19. The highest BCUT2D eigenvalue weighted by atomic mass is 16.3. The van der Waals surface area contributed by atoms with E-state index in [2.05, 4.69) is 11.8 Å². The number of hydrogen-bond donors (Lipinski definition) is 2. The van der Waals surface area contributed by atoms with Crippen molar-refractivity contribution in [1.29, 1.82) is 0 Å². The molecule has 1 aliphatic rings. The van der Waals surface area contributed by atoms with E-state index >= 15 is 0 Å². The highest BCUT2D eigenvalue weighted by molar-refractivity contribution is 4.85. The molecule has 90 valence electrons. The standard InChI is InChI=1S/C12H26N2O/c1-3-14(9-12(2,13)10-15)11-7-5-4-6-8-11/h11,15H,3-10,13H2,1-2H3. The summed E-state index contributed by atoms with van der Waals surface area (Å²) < 4.78 is 0. The van der Waals surface area contributed by atoms with E-state index in [9.17, 15) is 5.11 Å². The summed E-state index contributed by atoms with van der Waals surface area (Å²) in [5.41, 5.74) is 5.56. The molecular formula is C12H26N2O. The average Bonchev–Trinajstić information content (AvgIpc) is 2.27. The number of hydrogen-bond acceptors (Lipinski definition) is 3. The van der Waals surface area contributed by atoms with E-state index in [4.69, 9.17) is 5.73 Å². The molecule has 1 unspecified atom stereocenters. The second-order valence-electron chi connectivity index (χ2n) is 5.17. The van der Waals surface area contributed by atoms with Gasteiger partial charge in [0.05, 0.1) is 6.61 Å². The summed E-state index contributed by atoms with van der Waals surface area (Å²) in [6.07, 6.45) is 6.68. The molecule has 1 rings (SSSR count). The number of likely N-dealkylation sites (N-methyl/N-ethyl adjacent to an activating group) is 1. The second-order valence-corrected chi connectivity index (χ2v) is 5.17. The highest BCUT2D eigenvalue weighted by Gasteiger charge is 2.26. The summed E-state index contributed by atoms with van der Waals surface area (Å²) in [7, 11) is 0. The van der Waals surface area contributed by atoms with Crippen LogP contribution in [0.5, 0.6) is 0 Å². The van der Waals surface area contributed by atoms with Crippen molar-refractivity contribution in [3.05, 3.63) is 0 Å². The van der Waals surface area contributed by atoms with Gasteiger partial charge in [0.25, 0.3) is 0 Å². The largest absolute Gasteiger partial charge is 0.394 e. The lowest BCUT2D eigenvalue weighted by Gasteiger charge is -2.38. The van der Waals surface area contributed by atoms with E-state index in [1.807, 2.05) is 6.92 Å². The van der Waals surface area contributed by atoms with Gasteiger partial charge in [-0.3, -0.25) is 4.90 Å². The third kappa shape index (κ3) is 4.09. The van der Waals surface area contributed by atoms with Gasteiger partial charge in [0, 0.05) is 18.1 Å². The monoisotopic (exact) mass is 214 g/mol. The van der Waals surface area contributed by atoms with Crippen molar-refractivity contribution < 1.29 is 5.11 Å². The normalized spacial score (nSPS) is 23.0. The molecular weight excluding hydrogens is 188 g/mol.